The van der Waals surface area contributed by atoms with Gasteiger partial charge in [-0.3, -0.25) is 44.1 Å². The zero-order valence-electron chi connectivity index (χ0n) is 26.7. The lowest BCUT2D eigenvalue weighted by atomic mass is 10.0. The summed E-state index contributed by atoms with van der Waals surface area (Å²) < 4.78 is 0. The number of carbonyl (C=O) groups is 6. The number of rotatable bonds is 13. The third-order valence-electron chi connectivity index (χ3n) is 9.22. The van der Waals surface area contributed by atoms with E-state index in [9.17, 15) is 43.8 Å². The molecular weight excluding hydrogens is 656 g/mol. The third-order valence-corrected chi connectivity index (χ3v) is 9.22. The topological polar surface area (TPSA) is 283 Å². The van der Waals surface area contributed by atoms with E-state index < -0.39 is 65.2 Å². The van der Waals surface area contributed by atoms with Gasteiger partial charge in [-0.1, -0.05) is 0 Å². The van der Waals surface area contributed by atoms with Gasteiger partial charge in [-0.05, 0) is 50.5 Å². The van der Waals surface area contributed by atoms with Crippen LogP contribution in [0.2, 0.25) is 0 Å². The molecule has 3 fully saturated rings. The molecule has 0 bridgehead atoms. The van der Waals surface area contributed by atoms with Crippen molar-refractivity contribution in [1.29, 1.82) is 0 Å². The smallest absolute Gasteiger partial charge is 0.326 e. The number of nitrogens with one attached hydrogen (secondary N) is 4. The lowest BCUT2D eigenvalue weighted by molar-refractivity contribution is -0.150. The Hall–Kier alpha value is -5.98. The number of aromatic nitrogens is 4. The second kappa shape index (κ2) is 13.1. The number of nitrogen functional groups attached to an aromatic ring is 1. The van der Waals surface area contributed by atoms with Crippen LogP contribution in [0.15, 0.2) is 35.3 Å². The normalized spacial score (nSPS) is 23.1. The number of aromatic amines is 1. The van der Waals surface area contributed by atoms with Gasteiger partial charge in [0.2, 0.25) is 17.8 Å². The Morgan fingerprint density at radius 2 is 1.80 bits per heavy atom. The number of aliphatic carboxylic acids is 2. The number of hydrogen-bond acceptors (Lipinski definition) is 13. The van der Waals surface area contributed by atoms with E-state index in [4.69, 9.17) is 5.73 Å². The zero-order valence-corrected chi connectivity index (χ0v) is 26.7. The number of ketones is 1. The number of hydrogen-bond donors (Lipinski definition) is 7. The summed E-state index contributed by atoms with van der Waals surface area (Å²) in [5, 5.41) is 28.0. The highest BCUT2D eigenvalue weighted by Gasteiger charge is 2.68. The van der Waals surface area contributed by atoms with Crippen molar-refractivity contribution >= 4 is 58.2 Å². The minimum atomic E-state index is -1.36. The number of amides is 3. The van der Waals surface area contributed by atoms with Crippen LogP contribution in [0.1, 0.15) is 61.5 Å². The highest BCUT2D eigenvalue weighted by atomic mass is 16.4. The molecule has 1 spiro atoms. The second-order valence-corrected chi connectivity index (χ2v) is 12.4. The molecule has 3 aromatic rings. The maximum atomic E-state index is 13.2. The summed E-state index contributed by atoms with van der Waals surface area (Å²) in [4.78, 5) is 105. The van der Waals surface area contributed by atoms with Gasteiger partial charge in [0.15, 0.2) is 17.0 Å². The summed E-state index contributed by atoms with van der Waals surface area (Å²) in [7, 11) is 0. The van der Waals surface area contributed by atoms with E-state index in [1.165, 1.54) is 28.1 Å². The van der Waals surface area contributed by atoms with E-state index >= 15 is 0 Å². The van der Waals surface area contributed by atoms with Crippen LogP contribution >= 0.6 is 0 Å². The summed E-state index contributed by atoms with van der Waals surface area (Å²) in [6.07, 6.45) is 1.51. The molecule has 3 aliphatic rings. The molecule has 0 saturated carbocycles. The van der Waals surface area contributed by atoms with E-state index in [0.717, 1.165) is 0 Å². The Labute approximate surface area is 282 Å². The van der Waals surface area contributed by atoms with Crippen molar-refractivity contribution in [2.75, 3.05) is 11.1 Å². The number of carbonyl (C=O) groups excluding carboxylic acids is 4. The number of benzene rings is 1. The van der Waals surface area contributed by atoms with Crippen LogP contribution in [0.4, 0.5) is 11.6 Å². The van der Waals surface area contributed by atoms with Gasteiger partial charge < -0.3 is 26.6 Å². The Morgan fingerprint density at radius 3 is 2.50 bits per heavy atom. The average molecular weight is 691 g/mol. The molecule has 5 heterocycles. The van der Waals surface area contributed by atoms with Crippen molar-refractivity contribution in [3.05, 3.63) is 52.1 Å². The van der Waals surface area contributed by atoms with E-state index in [1.54, 1.807) is 19.1 Å². The minimum absolute atomic E-state index is 0.0345. The van der Waals surface area contributed by atoms with Gasteiger partial charge in [0.1, 0.15) is 23.9 Å². The van der Waals surface area contributed by atoms with Gasteiger partial charge in [0.05, 0.1) is 24.5 Å². The van der Waals surface area contributed by atoms with E-state index in [2.05, 4.69) is 35.9 Å². The summed E-state index contributed by atoms with van der Waals surface area (Å²) in [5.74, 6) is -5.61. The SMILES string of the molecule is CC1C(=O)N2C(C(=O)O)CC[C@@]23NC(CCC(=O)CCC(NC(=O)c2ccc(NCc4cnc5nc(N)[nH]c(=O)c5n4)cc2)C(=O)O)C(=O)N13. The van der Waals surface area contributed by atoms with Crippen LogP contribution in [0.25, 0.3) is 11.2 Å². The fourth-order valence-electron chi connectivity index (χ4n) is 6.80. The van der Waals surface area contributed by atoms with Gasteiger partial charge in [0, 0.05) is 30.5 Å². The molecule has 6 rings (SSSR count). The molecule has 3 amide bonds. The predicted molar refractivity (Wildman–Crippen MR) is 172 cm³/mol. The fourth-order valence-corrected chi connectivity index (χ4v) is 6.80. The molecule has 0 aliphatic carbocycles. The van der Waals surface area contributed by atoms with Crippen molar-refractivity contribution in [3.63, 3.8) is 0 Å². The number of carboxylic acid groups (broad SMARTS) is 2. The number of nitrogens with two attached hydrogens (primary N) is 1. The Kier molecular flexibility index (Phi) is 8.91. The van der Waals surface area contributed by atoms with Crippen molar-refractivity contribution < 1.29 is 39.0 Å². The molecule has 0 radical (unpaired) electrons. The molecule has 8 N–H and O–H groups in total. The average Bonchev–Trinajstić information content (AvgIpc) is 3.66. The first kappa shape index (κ1) is 33.9. The Balaban J connectivity index is 0.984. The number of anilines is 2. The summed E-state index contributed by atoms with van der Waals surface area (Å²) in [6, 6.07) is 2.10. The van der Waals surface area contributed by atoms with Crippen molar-refractivity contribution in [2.45, 2.75) is 81.9 Å². The third kappa shape index (κ3) is 6.17. The monoisotopic (exact) mass is 690 g/mol. The lowest BCUT2D eigenvalue weighted by Gasteiger charge is -2.34. The molecule has 5 atom stereocenters. The molecule has 19 nitrogen and oxygen atoms in total. The largest absolute Gasteiger partial charge is 0.480 e. The van der Waals surface area contributed by atoms with E-state index in [-0.39, 0.29) is 73.5 Å². The number of fused-ring (bicyclic) bond motifs is 1. The number of Topliss-reactive ketones (excluding diaryl/α,β-unsaturated/α-hetero) is 1. The Bertz CT molecular complexity index is 1970. The molecule has 1 aromatic carbocycles. The summed E-state index contributed by atoms with van der Waals surface area (Å²) in [6.45, 7) is 1.74. The van der Waals surface area contributed by atoms with Crippen LogP contribution in [0.3, 0.4) is 0 Å². The van der Waals surface area contributed by atoms with E-state index in [0.29, 0.717) is 11.4 Å². The first-order valence-electron chi connectivity index (χ1n) is 15.9. The quantitative estimate of drug-likeness (QED) is 0.115. The highest BCUT2D eigenvalue weighted by molar-refractivity contribution is 5.99. The highest BCUT2D eigenvalue weighted by Crippen LogP contribution is 2.46. The van der Waals surface area contributed by atoms with Crippen LogP contribution in [-0.4, -0.2) is 105 Å². The van der Waals surface area contributed by atoms with E-state index in [1.807, 2.05) is 0 Å². The standard InChI is InChI=1S/C31H34N10O9/c1-14-26(45)41-21(29(49)50)10-11-31(41)39-19(27(46)40(14)31)8-6-18(42)7-9-20(28(47)48)36-24(43)15-2-4-16(5-3-15)33-12-17-13-34-23-22(35-17)25(44)38-30(32)37-23/h2-5,13-14,19-21,33,39H,6-12H2,1H3,(H,36,43)(H,47,48)(H,49,50)(H3,32,34,37,38,44)/t14?,19?,20?,21?,31-/m0/s1. The predicted octanol–water partition coefficient (Wildman–Crippen LogP) is -0.848. The van der Waals surface area contributed by atoms with Gasteiger partial charge in [-0.2, -0.15) is 4.98 Å². The number of H-pyrrole nitrogens is 1. The van der Waals surface area contributed by atoms with Crippen LogP contribution in [0, 0.1) is 0 Å². The number of carboxylic acids is 2. The van der Waals surface area contributed by atoms with Crippen LogP contribution < -0.4 is 27.2 Å². The number of nitrogens with zero attached hydrogens (tertiary/aromatic N) is 5. The molecule has 2 aromatic heterocycles. The maximum absolute atomic E-state index is 13.2. The first-order chi connectivity index (χ1) is 23.8. The van der Waals surface area contributed by atoms with Gasteiger partial charge in [-0.15, -0.1) is 0 Å². The zero-order chi connectivity index (χ0) is 35.9. The van der Waals surface area contributed by atoms with Crippen LogP contribution in [-0.2, 0) is 30.5 Å². The van der Waals surface area contributed by atoms with Crippen molar-refractivity contribution in [1.82, 2.24) is 40.4 Å². The summed E-state index contributed by atoms with van der Waals surface area (Å²) in [5.41, 5.74) is 6.38. The van der Waals surface area contributed by atoms with Crippen LogP contribution in [0.5, 0.6) is 0 Å². The van der Waals surface area contributed by atoms with Gasteiger partial charge >= 0.3 is 11.9 Å². The second-order valence-electron chi connectivity index (χ2n) is 12.4. The molecule has 50 heavy (non-hydrogen) atoms. The lowest BCUT2D eigenvalue weighted by Crippen LogP contribution is -2.58. The van der Waals surface area contributed by atoms with Gasteiger partial charge in [0.25, 0.3) is 11.5 Å². The maximum Gasteiger partial charge on any atom is 0.326 e. The molecular formula is C31H34N10O9. The molecule has 262 valence electrons. The molecule has 3 saturated heterocycles. The molecule has 19 heteroatoms. The molecule has 4 unspecified atom stereocenters. The first-order valence-corrected chi connectivity index (χ1v) is 15.9. The summed E-state index contributed by atoms with van der Waals surface area (Å²) >= 11 is 0. The Morgan fingerprint density at radius 1 is 1.06 bits per heavy atom. The van der Waals surface area contributed by atoms with Crippen molar-refractivity contribution in [3.8, 4) is 0 Å². The van der Waals surface area contributed by atoms with Crippen molar-refractivity contribution in [2.24, 2.45) is 0 Å². The molecule has 3 aliphatic heterocycles. The fraction of sp³-hybridized carbons (Fsp3) is 0.419. The van der Waals surface area contributed by atoms with Gasteiger partial charge in [-0.25, -0.2) is 19.6 Å². The minimum Gasteiger partial charge on any atom is -0.480 e.